The van der Waals surface area contributed by atoms with E-state index in [1.165, 1.54) is 11.8 Å². The fourth-order valence-electron chi connectivity index (χ4n) is 2.54. The highest BCUT2D eigenvalue weighted by molar-refractivity contribution is 5.87. The van der Waals surface area contributed by atoms with Crippen LogP contribution in [0.4, 0.5) is 0 Å². The van der Waals surface area contributed by atoms with Gasteiger partial charge in [0.1, 0.15) is 0 Å². The zero-order valence-corrected chi connectivity index (χ0v) is 13.7. The molecule has 0 fully saturated rings. The van der Waals surface area contributed by atoms with E-state index in [2.05, 4.69) is 20.8 Å². The summed E-state index contributed by atoms with van der Waals surface area (Å²) >= 11 is 0. The fraction of sp³-hybridized carbons (Fsp3) is 0.529. The maximum absolute atomic E-state index is 11.8. The topological polar surface area (TPSA) is 57.6 Å². The van der Waals surface area contributed by atoms with Crippen molar-refractivity contribution in [3.63, 3.8) is 0 Å². The molecule has 0 saturated carbocycles. The quantitative estimate of drug-likeness (QED) is 0.927. The predicted octanol–water partition coefficient (Wildman–Crippen LogP) is 3.15. The first-order valence-corrected chi connectivity index (χ1v) is 7.17. The smallest absolute Gasteiger partial charge is 0.334 e. The lowest BCUT2D eigenvalue weighted by molar-refractivity contribution is -0.158. The lowest BCUT2D eigenvalue weighted by Gasteiger charge is -2.37. The van der Waals surface area contributed by atoms with Crippen LogP contribution in [-0.2, 0) is 20.5 Å². The third-order valence-corrected chi connectivity index (χ3v) is 3.97. The molecule has 0 radical (unpaired) electrons. The van der Waals surface area contributed by atoms with Gasteiger partial charge in [-0.1, -0.05) is 45.0 Å². The van der Waals surface area contributed by atoms with Crippen molar-refractivity contribution in [3.8, 4) is 0 Å². The van der Waals surface area contributed by atoms with Gasteiger partial charge in [0.25, 0.3) is 0 Å². The molecular formula is C17H25NO3. The number of benzene rings is 1. The Kier molecular flexibility index (Phi) is 4.82. The largest absolute Gasteiger partial charge is 0.479 e. The van der Waals surface area contributed by atoms with E-state index in [4.69, 9.17) is 0 Å². The number of amides is 1. The summed E-state index contributed by atoms with van der Waals surface area (Å²) in [7, 11) is 0. The van der Waals surface area contributed by atoms with E-state index in [0.29, 0.717) is 12.1 Å². The molecule has 1 N–H and O–H groups in total. The van der Waals surface area contributed by atoms with Crippen LogP contribution in [0.1, 0.15) is 52.7 Å². The number of likely N-dealkylation sites (N-methyl/N-ethyl adjacent to an activating group) is 1. The molecule has 1 rings (SSSR count). The summed E-state index contributed by atoms with van der Waals surface area (Å²) < 4.78 is 0. The summed E-state index contributed by atoms with van der Waals surface area (Å²) in [5, 5.41) is 9.67. The Morgan fingerprint density at radius 3 is 1.76 bits per heavy atom. The number of carbonyl (C=O) groups is 2. The van der Waals surface area contributed by atoms with Crippen LogP contribution < -0.4 is 0 Å². The molecule has 0 aliphatic carbocycles. The van der Waals surface area contributed by atoms with E-state index < -0.39 is 11.5 Å². The molecule has 0 aliphatic rings. The fourth-order valence-corrected chi connectivity index (χ4v) is 2.54. The number of hydrogen-bond acceptors (Lipinski definition) is 2. The Bertz CT molecular complexity index is 528. The average molecular weight is 291 g/mol. The minimum absolute atomic E-state index is 0.00315. The van der Waals surface area contributed by atoms with E-state index in [-0.39, 0.29) is 11.3 Å². The van der Waals surface area contributed by atoms with Crippen molar-refractivity contribution >= 4 is 11.9 Å². The maximum atomic E-state index is 11.8. The van der Waals surface area contributed by atoms with Crippen molar-refractivity contribution < 1.29 is 14.7 Å². The Labute approximate surface area is 126 Å². The molecule has 0 spiro atoms. The third kappa shape index (κ3) is 3.26. The number of nitrogens with zero attached hydrogens (tertiary/aromatic N) is 1. The van der Waals surface area contributed by atoms with Crippen molar-refractivity contribution in [1.29, 1.82) is 0 Å². The van der Waals surface area contributed by atoms with Gasteiger partial charge in [0, 0.05) is 13.5 Å². The molecular weight excluding hydrogens is 266 g/mol. The molecule has 1 unspecified atom stereocenters. The number of rotatable bonds is 4. The van der Waals surface area contributed by atoms with Crippen molar-refractivity contribution in [2.75, 3.05) is 6.54 Å². The summed E-state index contributed by atoms with van der Waals surface area (Å²) in [6.45, 7) is 11.4. The van der Waals surface area contributed by atoms with Crippen molar-refractivity contribution in [2.45, 2.75) is 52.5 Å². The van der Waals surface area contributed by atoms with Crippen molar-refractivity contribution in [2.24, 2.45) is 0 Å². The molecule has 0 aliphatic heterocycles. The molecule has 1 aromatic rings. The van der Waals surface area contributed by atoms with E-state index in [0.717, 1.165) is 5.56 Å². The Morgan fingerprint density at radius 2 is 1.48 bits per heavy atom. The average Bonchev–Trinajstić information content (AvgIpc) is 2.37. The summed E-state index contributed by atoms with van der Waals surface area (Å²) in [6.07, 6.45) is 0. The first-order valence-electron chi connectivity index (χ1n) is 7.17. The number of carbonyl (C=O) groups excluding carboxylic acids is 1. The zero-order valence-electron chi connectivity index (χ0n) is 13.7. The van der Waals surface area contributed by atoms with Crippen LogP contribution in [0.25, 0.3) is 0 Å². The molecule has 0 aromatic heterocycles. The summed E-state index contributed by atoms with van der Waals surface area (Å²) in [6, 6.07) is 7.48. The molecule has 1 atom stereocenters. The number of aliphatic carboxylic acids is 1. The minimum Gasteiger partial charge on any atom is -0.479 e. The molecule has 0 heterocycles. The van der Waals surface area contributed by atoms with Crippen LogP contribution in [0, 0.1) is 0 Å². The Balaban J connectivity index is 3.36. The van der Waals surface area contributed by atoms with Gasteiger partial charge in [-0.25, -0.2) is 4.79 Å². The lowest BCUT2D eigenvalue weighted by atomic mass is 9.83. The second-order valence-corrected chi connectivity index (χ2v) is 6.47. The van der Waals surface area contributed by atoms with Crippen LogP contribution in [0.2, 0.25) is 0 Å². The van der Waals surface area contributed by atoms with E-state index in [9.17, 15) is 14.7 Å². The Hall–Kier alpha value is -1.84. The predicted molar refractivity (Wildman–Crippen MR) is 83.2 cm³/mol. The van der Waals surface area contributed by atoms with Gasteiger partial charge in [0.15, 0.2) is 5.54 Å². The standard InChI is InChI=1S/C17H25NO3/c1-7-18(12(2)19)17(6,15(20)21)14-10-8-13(9-11-14)16(3,4)5/h8-11H,7H2,1-6H3,(H,20,21). The molecule has 4 heteroatoms. The third-order valence-electron chi connectivity index (χ3n) is 3.97. The molecule has 4 nitrogen and oxygen atoms in total. The van der Waals surface area contributed by atoms with Crippen LogP contribution in [0.3, 0.4) is 0 Å². The highest BCUT2D eigenvalue weighted by atomic mass is 16.4. The first kappa shape index (κ1) is 17.2. The second kappa shape index (κ2) is 5.88. The summed E-state index contributed by atoms with van der Waals surface area (Å²) in [5.74, 6) is -1.27. The van der Waals surface area contributed by atoms with Gasteiger partial charge in [0.05, 0.1) is 0 Å². The van der Waals surface area contributed by atoms with E-state index in [1.807, 2.05) is 12.1 Å². The van der Waals surface area contributed by atoms with Gasteiger partial charge in [-0.05, 0) is 30.4 Å². The summed E-state index contributed by atoms with van der Waals surface area (Å²) in [5.41, 5.74) is 0.394. The van der Waals surface area contributed by atoms with Crippen molar-refractivity contribution in [3.05, 3.63) is 35.4 Å². The van der Waals surface area contributed by atoms with Gasteiger partial charge < -0.3 is 10.0 Å². The van der Waals surface area contributed by atoms with Gasteiger partial charge in [-0.2, -0.15) is 0 Å². The van der Waals surface area contributed by atoms with Crippen molar-refractivity contribution in [1.82, 2.24) is 4.90 Å². The van der Waals surface area contributed by atoms with Crippen LogP contribution in [-0.4, -0.2) is 28.4 Å². The first-order chi connectivity index (χ1) is 9.55. The number of hydrogen-bond donors (Lipinski definition) is 1. The second-order valence-electron chi connectivity index (χ2n) is 6.47. The minimum atomic E-state index is -1.35. The van der Waals surface area contributed by atoms with Gasteiger partial charge in [0.2, 0.25) is 5.91 Å². The molecule has 116 valence electrons. The molecule has 21 heavy (non-hydrogen) atoms. The van der Waals surface area contributed by atoms with Gasteiger partial charge in [-0.3, -0.25) is 4.79 Å². The van der Waals surface area contributed by atoms with E-state index in [1.54, 1.807) is 26.0 Å². The molecule has 1 aromatic carbocycles. The summed E-state index contributed by atoms with van der Waals surface area (Å²) in [4.78, 5) is 25.0. The zero-order chi connectivity index (χ0) is 16.4. The highest BCUT2D eigenvalue weighted by Gasteiger charge is 2.42. The van der Waals surface area contributed by atoms with E-state index >= 15 is 0 Å². The SMILES string of the molecule is CCN(C(C)=O)C(C)(C(=O)O)c1ccc(C(C)(C)C)cc1. The monoisotopic (exact) mass is 291 g/mol. The van der Waals surface area contributed by atoms with Crippen LogP contribution in [0.5, 0.6) is 0 Å². The van der Waals surface area contributed by atoms with Gasteiger partial charge in [-0.15, -0.1) is 0 Å². The normalized spacial score (nSPS) is 14.4. The van der Waals surface area contributed by atoms with Gasteiger partial charge >= 0.3 is 5.97 Å². The lowest BCUT2D eigenvalue weighted by Crippen LogP contribution is -2.52. The molecule has 0 bridgehead atoms. The van der Waals surface area contributed by atoms with Crippen LogP contribution in [0.15, 0.2) is 24.3 Å². The molecule has 1 amide bonds. The number of carboxylic acid groups (broad SMARTS) is 1. The number of carboxylic acids is 1. The van der Waals surface area contributed by atoms with Crippen LogP contribution >= 0.6 is 0 Å². The maximum Gasteiger partial charge on any atom is 0.334 e. The highest BCUT2D eigenvalue weighted by Crippen LogP contribution is 2.31. The Morgan fingerprint density at radius 1 is 1.05 bits per heavy atom. The molecule has 0 saturated heterocycles.